The minimum Gasteiger partial charge on any atom is -0.480 e. The Hall–Kier alpha value is -1.91. The Morgan fingerprint density at radius 3 is 2.61 bits per heavy atom. The van der Waals surface area contributed by atoms with Crippen molar-refractivity contribution >= 4 is 16.9 Å². The van der Waals surface area contributed by atoms with Crippen molar-refractivity contribution in [2.24, 2.45) is 7.05 Å². The van der Waals surface area contributed by atoms with Crippen molar-refractivity contribution in [1.29, 1.82) is 0 Å². The zero-order chi connectivity index (χ0) is 13.1. The average Bonchev–Trinajstić information content (AvgIpc) is 2.72. The van der Waals surface area contributed by atoms with E-state index < -0.39 is 23.7 Å². The molecule has 1 heterocycles. The lowest BCUT2D eigenvalue weighted by Crippen LogP contribution is -2.27. The van der Waals surface area contributed by atoms with Crippen LogP contribution in [0.25, 0.3) is 10.9 Å². The van der Waals surface area contributed by atoms with Gasteiger partial charge in [-0.15, -0.1) is 0 Å². The van der Waals surface area contributed by atoms with Gasteiger partial charge in [0.2, 0.25) is 0 Å². The summed E-state index contributed by atoms with van der Waals surface area (Å²) >= 11 is 0. The van der Waals surface area contributed by atoms with E-state index in [0.717, 1.165) is 10.9 Å². The van der Waals surface area contributed by atoms with Crippen LogP contribution in [0.1, 0.15) is 12.0 Å². The number of hydrogen-bond acceptors (Lipinski definition) is 1. The fourth-order valence-electron chi connectivity index (χ4n) is 2.49. The highest BCUT2D eigenvalue weighted by Crippen LogP contribution is 2.61. The number of aryl methyl sites for hydroxylation is 1. The van der Waals surface area contributed by atoms with E-state index >= 15 is 0 Å². The van der Waals surface area contributed by atoms with Gasteiger partial charge in [-0.25, -0.2) is 8.78 Å². The summed E-state index contributed by atoms with van der Waals surface area (Å²) in [7, 11) is 1.80. The van der Waals surface area contributed by atoms with Crippen LogP contribution in [0.3, 0.4) is 0 Å². The third kappa shape index (κ3) is 1.19. The van der Waals surface area contributed by atoms with Crippen LogP contribution >= 0.6 is 0 Å². The second-order valence-electron chi connectivity index (χ2n) is 4.79. The predicted molar refractivity (Wildman–Crippen MR) is 61.8 cm³/mol. The normalized spacial score (nSPS) is 25.3. The van der Waals surface area contributed by atoms with Crippen LogP contribution in [-0.2, 0) is 17.3 Å². The maximum Gasteiger partial charge on any atom is 0.320 e. The van der Waals surface area contributed by atoms with E-state index in [2.05, 4.69) is 0 Å². The molecule has 0 radical (unpaired) electrons. The number of fused-ring (bicyclic) bond motifs is 1. The molecule has 2 aromatic rings. The number of aliphatic carboxylic acids is 1. The molecule has 1 aromatic carbocycles. The first-order valence-electron chi connectivity index (χ1n) is 5.55. The highest BCUT2D eigenvalue weighted by atomic mass is 19.3. The number of rotatable bonds is 2. The third-order valence-corrected chi connectivity index (χ3v) is 3.73. The molecule has 1 unspecified atom stereocenters. The summed E-state index contributed by atoms with van der Waals surface area (Å²) in [6.45, 7) is 0. The zero-order valence-corrected chi connectivity index (χ0v) is 9.65. The van der Waals surface area contributed by atoms with Crippen molar-refractivity contribution in [1.82, 2.24) is 4.57 Å². The number of nitrogens with zero attached hydrogens (tertiary/aromatic N) is 1. The Kier molecular flexibility index (Phi) is 1.93. The van der Waals surface area contributed by atoms with Gasteiger partial charge in [0.25, 0.3) is 5.92 Å². The topological polar surface area (TPSA) is 42.2 Å². The largest absolute Gasteiger partial charge is 0.480 e. The van der Waals surface area contributed by atoms with Crippen LogP contribution in [0, 0.1) is 0 Å². The number of benzene rings is 1. The third-order valence-electron chi connectivity index (χ3n) is 3.73. The summed E-state index contributed by atoms with van der Waals surface area (Å²) in [6, 6.07) is 6.57. The number of carbonyl (C=O) groups is 1. The first-order valence-corrected chi connectivity index (χ1v) is 5.55. The summed E-state index contributed by atoms with van der Waals surface area (Å²) in [4.78, 5) is 11.2. The molecule has 1 aliphatic carbocycles. The zero-order valence-electron chi connectivity index (χ0n) is 9.65. The van der Waals surface area contributed by atoms with Crippen molar-refractivity contribution in [3.05, 3.63) is 36.0 Å². The molecule has 1 fully saturated rings. The molecule has 0 spiro atoms. The summed E-state index contributed by atoms with van der Waals surface area (Å²) < 4.78 is 28.6. The van der Waals surface area contributed by atoms with Gasteiger partial charge in [0.15, 0.2) is 5.41 Å². The van der Waals surface area contributed by atoms with Gasteiger partial charge in [-0.1, -0.05) is 12.1 Å². The van der Waals surface area contributed by atoms with Crippen molar-refractivity contribution in [3.63, 3.8) is 0 Å². The van der Waals surface area contributed by atoms with Crippen LogP contribution in [0.15, 0.2) is 30.5 Å². The second kappa shape index (κ2) is 3.10. The first-order chi connectivity index (χ1) is 8.38. The molecule has 94 valence electrons. The first kappa shape index (κ1) is 11.2. The molecule has 3 rings (SSSR count). The molecule has 1 N–H and O–H groups in total. The Morgan fingerprint density at radius 2 is 2.06 bits per heavy atom. The maximum absolute atomic E-state index is 13.4. The quantitative estimate of drug-likeness (QED) is 0.891. The number of aromatic nitrogens is 1. The lowest BCUT2D eigenvalue weighted by molar-refractivity contribution is -0.142. The van der Waals surface area contributed by atoms with E-state index in [-0.39, 0.29) is 5.56 Å². The van der Waals surface area contributed by atoms with Crippen molar-refractivity contribution < 1.29 is 18.7 Å². The second-order valence-corrected chi connectivity index (χ2v) is 4.79. The van der Waals surface area contributed by atoms with Gasteiger partial charge < -0.3 is 9.67 Å². The molecule has 1 aromatic heterocycles. The van der Waals surface area contributed by atoms with E-state index in [1.165, 1.54) is 6.07 Å². The molecule has 5 heteroatoms. The van der Waals surface area contributed by atoms with Gasteiger partial charge in [-0.05, 0) is 23.1 Å². The molecule has 1 saturated carbocycles. The van der Waals surface area contributed by atoms with E-state index in [0.29, 0.717) is 0 Å². The fourth-order valence-corrected chi connectivity index (χ4v) is 2.49. The monoisotopic (exact) mass is 251 g/mol. The van der Waals surface area contributed by atoms with Crippen LogP contribution in [0.5, 0.6) is 0 Å². The molecular weight excluding hydrogens is 240 g/mol. The average molecular weight is 251 g/mol. The standard InChI is InChI=1S/C13H11F2NO2/c1-16-5-4-8-2-3-9(6-10(8)16)12(11(17)18)7-13(12,14)15/h2-6H,7H2,1H3,(H,17,18). The van der Waals surface area contributed by atoms with E-state index in [1.807, 2.05) is 12.3 Å². The Bertz CT molecular complexity index is 662. The van der Waals surface area contributed by atoms with E-state index in [9.17, 15) is 13.6 Å². The van der Waals surface area contributed by atoms with Gasteiger partial charge in [0.1, 0.15) is 0 Å². The van der Waals surface area contributed by atoms with Gasteiger partial charge in [0.05, 0.1) is 0 Å². The van der Waals surface area contributed by atoms with Crippen LogP contribution < -0.4 is 0 Å². The summed E-state index contributed by atoms with van der Waals surface area (Å²) in [5.74, 6) is -4.61. The van der Waals surface area contributed by atoms with Crippen LogP contribution in [0.4, 0.5) is 8.78 Å². The Labute approximate surface area is 102 Å². The van der Waals surface area contributed by atoms with Gasteiger partial charge in [-0.3, -0.25) is 4.79 Å². The van der Waals surface area contributed by atoms with Crippen molar-refractivity contribution in [3.8, 4) is 0 Å². The molecule has 0 bridgehead atoms. The minimum absolute atomic E-state index is 0.175. The SMILES string of the molecule is Cn1ccc2ccc(C3(C(=O)O)CC3(F)F)cc21. The van der Waals surface area contributed by atoms with Gasteiger partial charge in [-0.2, -0.15) is 0 Å². The Morgan fingerprint density at radius 1 is 1.39 bits per heavy atom. The van der Waals surface area contributed by atoms with Crippen LogP contribution in [0.2, 0.25) is 0 Å². The minimum atomic E-state index is -3.16. The van der Waals surface area contributed by atoms with Crippen molar-refractivity contribution in [2.75, 3.05) is 0 Å². The molecule has 0 amide bonds. The van der Waals surface area contributed by atoms with Crippen LogP contribution in [-0.4, -0.2) is 21.6 Å². The van der Waals surface area contributed by atoms with Crippen molar-refractivity contribution in [2.45, 2.75) is 17.8 Å². The summed E-state index contributed by atoms with van der Waals surface area (Å²) in [5.41, 5.74) is -1.10. The molecule has 3 nitrogen and oxygen atoms in total. The molecule has 0 saturated heterocycles. The van der Waals surface area contributed by atoms with Gasteiger partial charge >= 0.3 is 5.97 Å². The smallest absolute Gasteiger partial charge is 0.320 e. The number of hydrogen-bond donors (Lipinski definition) is 1. The molecular formula is C13H11F2NO2. The molecule has 1 atom stereocenters. The lowest BCUT2D eigenvalue weighted by Gasteiger charge is -2.12. The number of carboxylic acids is 1. The highest BCUT2D eigenvalue weighted by Gasteiger charge is 2.77. The maximum atomic E-state index is 13.4. The number of halogens is 2. The lowest BCUT2D eigenvalue weighted by atomic mass is 9.94. The van der Waals surface area contributed by atoms with Gasteiger partial charge in [0, 0.05) is 25.2 Å². The molecule has 1 aliphatic rings. The number of carboxylic acid groups (broad SMARTS) is 1. The summed E-state index contributed by atoms with van der Waals surface area (Å²) in [5, 5.41) is 10.0. The van der Waals surface area contributed by atoms with E-state index in [1.54, 1.807) is 23.7 Å². The number of alkyl halides is 2. The summed E-state index contributed by atoms with van der Waals surface area (Å²) in [6.07, 6.45) is 1.19. The molecule has 0 aliphatic heterocycles. The Balaban J connectivity index is 2.20. The highest BCUT2D eigenvalue weighted by molar-refractivity contribution is 5.90. The predicted octanol–water partition coefficient (Wildman–Crippen LogP) is 2.54. The molecule has 18 heavy (non-hydrogen) atoms. The van der Waals surface area contributed by atoms with E-state index in [4.69, 9.17) is 5.11 Å². The fraction of sp³-hybridized carbons (Fsp3) is 0.308.